The van der Waals surface area contributed by atoms with E-state index in [-0.39, 0.29) is 16.1 Å². The lowest BCUT2D eigenvalue weighted by atomic mass is 10.2. The number of nitriles is 1. The second-order valence-electron chi connectivity index (χ2n) is 3.35. The molecular formula is C10H7FN4O2S. The van der Waals surface area contributed by atoms with Crippen LogP contribution >= 0.6 is 0 Å². The van der Waals surface area contributed by atoms with Gasteiger partial charge in [0, 0.05) is 6.20 Å². The molecule has 92 valence electrons. The highest BCUT2D eigenvalue weighted by Crippen LogP contribution is 2.17. The van der Waals surface area contributed by atoms with Crippen molar-refractivity contribution in [3.63, 3.8) is 0 Å². The minimum Gasteiger partial charge on any atom is -0.284 e. The molecule has 0 atom stereocenters. The van der Waals surface area contributed by atoms with Crippen molar-refractivity contribution in [1.29, 1.82) is 5.26 Å². The molecule has 18 heavy (non-hydrogen) atoms. The zero-order valence-corrected chi connectivity index (χ0v) is 9.70. The lowest BCUT2D eigenvalue weighted by Gasteiger charge is -2.06. The number of nitrogens with one attached hydrogen (secondary N) is 2. The highest BCUT2D eigenvalue weighted by molar-refractivity contribution is 7.92. The van der Waals surface area contributed by atoms with Gasteiger partial charge in [-0.05, 0) is 18.2 Å². The summed E-state index contributed by atoms with van der Waals surface area (Å²) < 4.78 is 38.9. The Bertz CT molecular complexity index is 704. The Labute approximate surface area is 102 Å². The Balaban J connectivity index is 2.34. The van der Waals surface area contributed by atoms with Gasteiger partial charge >= 0.3 is 0 Å². The maximum Gasteiger partial charge on any atom is 0.265 e. The van der Waals surface area contributed by atoms with Crippen LogP contribution in [-0.4, -0.2) is 18.6 Å². The standard InChI is InChI=1S/C10H7FN4O2S/c11-10-2-1-8(3-7(10)4-12)15-18(16,17)9-5-13-14-6-9/h1-3,5-6,15H,(H,13,14). The molecule has 0 bridgehead atoms. The van der Waals surface area contributed by atoms with Gasteiger partial charge in [0.25, 0.3) is 10.0 Å². The first-order valence-electron chi connectivity index (χ1n) is 4.74. The fraction of sp³-hybridized carbons (Fsp3) is 0. The number of aromatic amines is 1. The van der Waals surface area contributed by atoms with Gasteiger partial charge in [-0.3, -0.25) is 9.82 Å². The van der Waals surface area contributed by atoms with Gasteiger partial charge in [0.05, 0.1) is 17.4 Å². The average Bonchev–Trinajstić information content (AvgIpc) is 2.85. The first-order chi connectivity index (χ1) is 8.53. The Morgan fingerprint density at radius 2 is 2.22 bits per heavy atom. The van der Waals surface area contributed by atoms with Gasteiger partial charge < -0.3 is 0 Å². The van der Waals surface area contributed by atoms with E-state index in [1.54, 1.807) is 6.07 Å². The third kappa shape index (κ3) is 2.31. The first-order valence-corrected chi connectivity index (χ1v) is 6.22. The summed E-state index contributed by atoms with van der Waals surface area (Å²) in [5.41, 5.74) is -0.128. The summed E-state index contributed by atoms with van der Waals surface area (Å²) in [6.45, 7) is 0. The molecule has 0 aliphatic carbocycles. The summed E-state index contributed by atoms with van der Waals surface area (Å²) in [4.78, 5) is -0.0506. The minimum atomic E-state index is -3.78. The number of halogens is 1. The maximum atomic E-state index is 13.1. The van der Waals surface area contributed by atoms with Crippen LogP contribution in [0.5, 0.6) is 0 Å². The van der Waals surface area contributed by atoms with Gasteiger partial charge in [-0.15, -0.1) is 0 Å². The van der Waals surface area contributed by atoms with Gasteiger partial charge in [0.1, 0.15) is 16.8 Å². The van der Waals surface area contributed by atoms with Crippen LogP contribution in [0.25, 0.3) is 0 Å². The van der Waals surface area contributed by atoms with Crippen LogP contribution in [0.3, 0.4) is 0 Å². The number of hydrogen-bond acceptors (Lipinski definition) is 4. The molecule has 0 saturated carbocycles. The molecular weight excluding hydrogens is 259 g/mol. The van der Waals surface area contributed by atoms with Crippen molar-refractivity contribution >= 4 is 15.7 Å². The van der Waals surface area contributed by atoms with Crippen molar-refractivity contribution in [1.82, 2.24) is 10.2 Å². The quantitative estimate of drug-likeness (QED) is 0.872. The van der Waals surface area contributed by atoms with E-state index in [0.29, 0.717) is 0 Å². The van der Waals surface area contributed by atoms with Crippen molar-refractivity contribution in [2.75, 3.05) is 4.72 Å². The van der Waals surface area contributed by atoms with Crippen LogP contribution in [0.1, 0.15) is 5.56 Å². The molecule has 1 heterocycles. The predicted molar refractivity (Wildman–Crippen MR) is 60.5 cm³/mol. The van der Waals surface area contributed by atoms with E-state index >= 15 is 0 Å². The van der Waals surface area contributed by atoms with E-state index in [4.69, 9.17) is 5.26 Å². The molecule has 0 fully saturated rings. The average molecular weight is 266 g/mol. The topological polar surface area (TPSA) is 98.6 Å². The molecule has 8 heteroatoms. The summed E-state index contributed by atoms with van der Waals surface area (Å²) in [5, 5.41) is 14.5. The van der Waals surface area contributed by atoms with E-state index < -0.39 is 15.8 Å². The molecule has 2 rings (SSSR count). The molecule has 2 N–H and O–H groups in total. The molecule has 0 aliphatic rings. The smallest absolute Gasteiger partial charge is 0.265 e. The maximum absolute atomic E-state index is 13.1. The summed E-state index contributed by atoms with van der Waals surface area (Å²) >= 11 is 0. The second-order valence-corrected chi connectivity index (χ2v) is 5.03. The lowest BCUT2D eigenvalue weighted by molar-refractivity contribution is 0.601. The van der Waals surface area contributed by atoms with Gasteiger partial charge in [-0.2, -0.15) is 10.4 Å². The van der Waals surface area contributed by atoms with Crippen LogP contribution in [0.15, 0.2) is 35.5 Å². The van der Waals surface area contributed by atoms with Crippen LogP contribution in [0.4, 0.5) is 10.1 Å². The van der Waals surface area contributed by atoms with Gasteiger partial charge in [-0.1, -0.05) is 0 Å². The van der Waals surface area contributed by atoms with E-state index in [1.807, 2.05) is 0 Å². The monoisotopic (exact) mass is 266 g/mol. The molecule has 0 radical (unpaired) electrons. The fourth-order valence-electron chi connectivity index (χ4n) is 1.27. The number of rotatable bonds is 3. The SMILES string of the molecule is N#Cc1cc(NS(=O)(=O)c2cn[nH]c2)ccc1F. The van der Waals surface area contributed by atoms with Gasteiger partial charge in [0.15, 0.2) is 0 Å². The van der Waals surface area contributed by atoms with Crippen molar-refractivity contribution in [3.05, 3.63) is 42.0 Å². The molecule has 0 unspecified atom stereocenters. The number of H-pyrrole nitrogens is 1. The van der Waals surface area contributed by atoms with Gasteiger partial charge in [0.2, 0.25) is 0 Å². The molecule has 0 aliphatic heterocycles. The normalized spacial score (nSPS) is 10.9. The van der Waals surface area contributed by atoms with Crippen LogP contribution in [0.2, 0.25) is 0 Å². The van der Waals surface area contributed by atoms with Crippen LogP contribution in [-0.2, 0) is 10.0 Å². The summed E-state index contributed by atoms with van der Waals surface area (Å²) in [7, 11) is -3.78. The number of nitrogens with zero attached hydrogens (tertiary/aromatic N) is 2. The summed E-state index contributed by atoms with van der Waals surface area (Å²) in [6, 6.07) is 5.00. The number of anilines is 1. The molecule has 6 nitrogen and oxygen atoms in total. The Morgan fingerprint density at radius 3 is 2.83 bits per heavy atom. The third-order valence-electron chi connectivity index (χ3n) is 2.12. The van der Waals surface area contributed by atoms with E-state index in [9.17, 15) is 12.8 Å². The van der Waals surface area contributed by atoms with Crippen molar-refractivity contribution < 1.29 is 12.8 Å². The van der Waals surface area contributed by atoms with Crippen LogP contribution < -0.4 is 4.72 Å². The van der Waals surface area contributed by atoms with E-state index in [2.05, 4.69) is 14.9 Å². The summed E-state index contributed by atoms with van der Waals surface area (Å²) in [5.74, 6) is -0.705. The molecule has 2 aromatic rings. The summed E-state index contributed by atoms with van der Waals surface area (Å²) in [6.07, 6.45) is 2.34. The number of hydrogen-bond donors (Lipinski definition) is 2. The van der Waals surface area contributed by atoms with E-state index in [1.165, 1.54) is 12.3 Å². The highest BCUT2D eigenvalue weighted by Gasteiger charge is 2.15. The second kappa shape index (κ2) is 4.46. The largest absolute Gasteiger partial charge is 0.284 e. The Morgan fingerprint density at radius 1 is 1.44 bits per heavy atom. The lowest BCUT2D eigenvalue weighted by Crippen LogP contribution is -2.12. The first kappa shape index (κ1) is 12.1. The molecule has 0 saturated heterocycles. The van der Waals surface area contributed by atoms with Crippen molar-refractivity contribution in [2.45, 2.75) is 4.90 Å². The number of aromatic nitrogens is 2. The highest BCUT2D eigenvalue weighted by atomic mass is 32.2. The third-order valence-corrected chi connectivity index (χ3v) is 3.47. The molecule has 0 amide bonds. The Hall–Kier alpha value is -2.40. The zero-order chi connectivity index (χ0) is 13.2. The Kier molecular flexibility index (Phi) is 2.99. The molecule has 0 spiro atoms. The number of benzene rings is 1. The molecule has 1 aromatic heterocycles. The van der Waals surface area contributed by atoms with Crippen LogP contribution in [0, 0.1) is 17.1 Å². The van der Waals surface area contributed by atoms with Crippen molar-refractivity contribution in [3.8, 4) is 6.07 Å². The minimum absolute atomic E-state index is 0.0506. The van der Waals surface area contributed by atoms with E-state index in [0.717, 1.165) is 18.3 Å². The van der Waals surface area contributed by atoms with Gasteiger partial charge in [-0.25, -0.2) is 12.8 Å². The fourth-order valence-corrected chi connectivity index (χ4v) is 2.23. The van der Waals surface area contributed by atoms with Crippen molar-refractivity contribution in [2.24, 2.45) is 0 Å². The predicted octanol–water partition coefficient (Wildman–Crippen LogP) is 1.22. The molecule has 1 aromatic carbocycles. The zero-order valence-electron chi connectivity index (χ0n) is 8.88. The number of sulfonamides is 1.